The number of ether oxygens (including phenoxy) is 1. The second-order valence-corrected chi connectivity index (χ2v) is 7.42. The van der Waals surface area contributed by atoms with Crippen molar-refractivity contribution in [3.05, 3.63) is 6.07 Å². The summed E-state index contributed by atoms with van der Waals surface area (Å²) in [6, 6.07) is 2.17. The van der Waals surface area contributed by atoms with Crippen molar-refractivity contribution in [3.8, 4) is 0 Å². The van der Waals surface area contributed by atoms with Gasteiger partial charge in [0.15, 0.2) is 0 Å². The van der Waals surface area contributed by atoms with Gasteiger partial charge < -0.3 is 26.0 Å². The molecule has 24 heavy (non-hydrogen) atoms. The summed E-state index contributed by atoms with van der Waals surface area (Å²) >= 11 is 0. The van der Waals surface area contributed by atoms with Gasteiger partial charge in [-0.05, 0) is 34.6 Å². The maximum Gasteiger partial charge on any atom is 0.407 e. The molecule has 1 amide bonds. The number of carbonyl (C=O) groups excluding carboxylic acids is 1. The van der Waals surface area contributed by atoms with Gasteiger partial charge in [0.2, 0.25) is 5.95 Å². The molecule has 0 aliphatic carbocycles. The van der Waals surface area contributed by atoms with E-state index in [0.717, 1.165) is 24.7 Å². The van der Waals surface area contributed by atoms with Crippen LogP contribution >= 0.6 is 0 Å². The zero-order chi connectivity index (χ0) is 17.9. The molecular formula is C16H28N6O2. The second-order valence-electron chi connectivity index (χ2n) is 7.42. The lowest BCUT2D eigenvalue weighted by molar-refractivity contribution is 0.0516. The van der Waals surface area contributed by atoms with Gasteiger partial charge in [0.25, 0.3) is 0 Å². The molecule has 0 unspecified atom stereocenters. The van der Waals surface area contributed by atoms with Crippen molar-refractivity contribution < 1.29 is 9.53 Å². The summed E-state index contributed by atoms with van der Waals surface area (Å²) < 4.78 is 5.23. The summed E-state index contributed by atoms with van der Waals surface area (Å²) in [6.45, 7) is 11.8. The fourth-order valence-corrected chi connectivity index (χ4v) is 2.41. The third-order valence-corrected chi connectivity index (χ3v) is 3.38. The number of hydrogen-bond acceptors (Lipinski definition) is 7. The monoisotopic (exact) mass is 336 g/mol. The molecule has 0 radical (unpaired) electrons. The zero-order valence-electron chi connectivity index (χ0n) is 15.1. The molecule has 1 saturated heterocycles. The van der Waals surface area contributed by atoms with Gasteiger partial charge in [-0.1, -0.05) is 0 Å². The van der Waals surface area contributed by atoms with Crippen LogP contribution in [0.25, 0.3) is 0 Å². The Balaban J connectivity index is 1.82. The summed E-state index contributed by atoms with van der Waals surface area (Å²) in [5.41, 5.74) is 5.30. The minimum atomic E-state index is -0.478. The van der Waals surface area contributed by atoms with Gasteiger partial charge in [0, 0.05) is 37.7 Å². The number of alkyl carbamates (subject to hydrolysis) is 1. The first kappa shape index (κ1) is 18.1. The van der Waals surface area contributed by atoms with Crippen LogP contribution in [0, 0.1) is 5.92 Å². The first-order chi connectivity index (χ1) is 11.1. The minimum Gasteiger partial charge on any atom is -0.444 e. The summed E-state index contributed by atoms with van der Waals surface area (Å²) in [5, 5.41) is 6.04. The molecular weight excluding hydrogens is 308 g/mol. The molecule has 2 heterocycles. The van der Waals surface area contributed by atoms with Crippen molar-refractivity contribution in [2.45, 2.75) is 46.3 Å². The Bertz CT molecular complexity index is 578. The van der Waals surface area contributed by atoms with E-state index in [1.54, 1.807) is 0 Å². The predicted molar refractivity (Wildman–Crippen MR) is 95.1 cm³/mol. The van der Waals surface area contributed by atoms with Gasteiger partial charge in [-0.3, -0.25) is 0 Å². The lowest BCUT2D eigenvalue weighted by Crippen LogP contribution is -2.52. The standard InChI is InChI=1S/C16H28N6O2/c1-10(2)19-12-6-13(21-14(17)20-12)22-8-11(9-22)7-18-15(23)24-16(3,4)5/h6,10-11H,7-9H2,1-5H3,(H,18,23)(H3,17,19,20,21). The number of rotatable bonds is 5. The average Bonchev–Trinajstić information content (AvgIpc) is 2.32. The third-order valence-electron chi connectivity index (χ3n) is 3.38. The van der Waals surface area contributed by atoms with Crippen molar-refractivity contribution in [2.24, 2.45) is 5.92 Å². The highest BCUT2D eigenvalue weighted by molar-refractivity contribution is 5.67. The molecule has 1 aromatic rings. The van der Waals surface area contributed by atoms with Crippen LogP contribution in [0.5, 0.6) is 0 Å². The molecule has 8 heteroatoms. The van der Waals surface area contributed by atoms with Crippen LogP contribution in [0.2, 0.25) is 0 Å². The second kappa shape index (κ2) is 7.11. The molecule has 0 atom stereocenters. The van der Waals surface area contributed by atoms with E-state index >= 15 is 0 Å². The van der Waals surface area contributed by atoms with Gasteiger partial charge in [-0.2, -0.15) is 9.97 Å². The molecule has 2 rings (SSSR count). The highest BCUT2D eigenvalue weighted by Crippen LogP contribution is 2.25. The van der Waals surface area contributed by atoms with E-state index < -0.39 is 5.60 Å². The number of anilines is 3. The fraction of sp³-hybridized carbons (Fsp3) is 0.688. The summed E-state index contributed by atoms with van der Waals surface area (Å²) in [5.74, 6) is 2.16. The van der Waals surface area contributed by atoms with Crippen LogP contribution in [0.1, 0.15) is 34.6 Å². The van der Waals surface area contributed by atoms with E-state index in [0.29, 0.717) is 12.5 Å². The fourth-order valence-electron chi connectivity index (χ4n) is 2.41. The average molecular weight is 336 g/mol. The van der Waals surface area contributed by atoms with Gasteiger partial charge in [0.1, 0.15) is 17.2 Å². The third kappa shape index (κ3) is 5.43. The van der Waals surface area contributed by atoms with Crippen molar-refractivity contribution in [3.63, 3.8) is 0 Å². The number of aromatic nitrogens is 2. The number of nitrogen functional groups attached to an aromatic ring is 1. The van der Waals surface area contributed by atoms with Gasteiger partial charge in [-0.25, -0.2) is 4.79 Å². The Hall–Kier alpha value is -2.25. The molecule has 0 aromatic carbocycles. The molecule has 1 aliphatic heterocycles. The predicted octanol–water partition coefficient (Wildman–Crippen LogP) is 1.84. The molecule has 0 spiro atoms. The number of amides is 1. The van der Waals surface area contributed by atoms with Crippen LogP contribution < -0.4 is 21.3 Å². The SMILES string of the molecule is CC(C)Nc1cc(N2CC(CNC(=O)OC(C)(C)C)C2)nc(N)n1. The minimum absolute atomic E-state index is 0.256. The van der Waals surface area contributed by atoms with E-state index in [9.17, 15) is 4.79 Å². The first-order valence-corrected chi connectivity index (χ1v) is 8.25. The molecule has 1 aliphatic rings. The first-order valence-electron chi connectivity index (χ1n) is 8.25. The van der Waals surface area contributed by atoms with Crippen LogP contribution in [-0.4, -0.2) is 47.3 Å². The number of carbonyl (C=O) groups is 1. The van der Waals surface area contributed by atoms with Crippen molar-refractivity contribution >= 4 is 23.7 Å². The van der Waals surface area contributed by atoms with Crippen LogP contribution in [0.15, 0.2) is 6.07 Å². The molecule has 1 fully saturated rings. The maximum atomic E-state index is 11.7. The largest absolute Gasteiger partial charge is 0.444 e. The van der Waals surface area contributed by atoms with Gasteiger partial charge in [0.05, 0.1) is 0 Å². The van der Waals surface area contributed by atoms with Crippen molar-refractivity contribution in [1.82, 2.24) is 15.3 Å². The normalized spacial score (nSPS) is 15.2. The smallest absolute Gasteiger partial charge is 0.407 e. The lowest BCUT2D eigenvalue weighted by atomic mass is 10.0. The Kier molecular flexibility index (Phi) is 5.36. The number of nitrogens with zero attached hydrogens (tertiary/aromatic N) is 3. The van der Waals surface area contributed by atoms with Crippen molar-refractivity contribution in [2.75, 3.05) is 35.6 Å². The van der Waals surface area contributed by atoms with Gasteiger partial charge >= 0.3 is 6.09 Å². The quantitative estimate of drug-likeness (QED) is 0.753. The van der Waals surface area contributed by atoms with Crippen molar-refractivity contribution in [1.29, 1.82) is 0 Å². The van der Waals surface area contributed by atoms with Crippen LogP contribution in [0.3, 0.4) is 0 Å². The topological polar surface area (TPSA) is 105 Å². The molecule has 0 bridgehead atoms. The van der Waals surface area contributed by atoms with E-state index in [1.165, 1.54) is 0 Å². The summed E-state index contributed by atoms with van der Waals surface area (Å²) in [6.07, 6.45) is -0.379. The van der Waals surface area contributed by atoms with Crippen LogP contribution in [-0.2, 0) is 4.74 Å². The van der Waals surface area contributed by atoms with E-state index in [-0.39, 0.29) is 18.1 Å². The highest BCUT2D eigenvalue weighted by Gasteiger charge is 2.29. The van der Waals surface area contributed by atoms with E-state index in [1.807, 2.05) is 40.7 Å². The molecule has 0 saturated carbocycles. The molecule has 4 N–H and O–H groups in total. The molecule has 134 valence electrons. The Morgan fingerprint density at radius 1 is 1.42 bits per heavy atom. The van der Waals surface area contributed by atoms with E-state index in [2.05, 4.69) is 25.5 Å². The summed E-state index contributed by atoms with van der Waals surface area (Å²) in [4.78, 5) is 22.2. The lowest BCUT2D eigenvalue weighted by Gasteiger charge is -2.40. The van der Waals surface area contributed by atoms with Crippen LogP contribution in [0.4, 0.5) is 22.4 Å². The maximum absolute atomic E-state index is 11.7. The number of nitrogens with one attached hydrogen (secondary N) is 2. The Morgan fingerprint density at radius 2 is 2.08 bits per heavy atom. The van der Waals surface area contributed by atoms with Gasteiger partial charge in [-0.15, -0.1) is 0 Å². The Morgan fingerprint density at radius 3 is 2.67 bits per heavy atom. The zero-order valence-corrected chi connectivity index (χ0v) is 15.1. The number of hydrogen-bond donors (Lipinski definition) is 3. The molecule has 8 nitrogen and oxygen atoms in total. The highest BCUT2D eigenvalue weighted by atomic mass is 16.6. The molecule has 1 aromatic heterocycles. The Labute approximate surface area is 143 Å². The summed E-state index contributed by atoms with van der Waals surface area (Å²) in [7, 11) is 0. The van der Waals surface area contributed by atoms with E-state index in [4.69, 9.17) is 10.5 Å². The number of nitrogens with two attached hydrogens (primary N) is 1.